The lowest BCUT2D eigenvalue weighted by Gasteiger charge is -2.34. The van der Waals surface area contributed by atoms with Crippen molar-refractivity contribution >= 4 is 28.0 Å². The fourth-order valence-corrected chi connectivity index (χ4v) is 5.41. The molecule has 1 saturated heterocycles. The second-order valence-corrected chi connectivity index (χ2v) is 11.4. The van der Waals surface area contributed by atoms with Crippen molar-refractivity contribution in [1.29, 1.82) is 0 Å². The van der Waals surface area contributed by atoms with Gasteiger partial charge in [-0.15, -0.1) is 0 Å². The van der Waals surface area contributed by atoms with Gasteiger partial charge in [0.15, 0.2) is 0 Å². The van der Waals surface area contributed by atoms with Gasteiger partial charge in [0.05, 0.1) is 40.7 Å². The summed E-state index contributed by atoms with van der Waals surface area (Å²) in [5.74, 6) is 0. The fraction of sp³-hybridized carbons (Fsp3) is 0.367. The van der Waals surface area contributed by atoms with Crippen LogP contribution in [0.2, 0.25) is 0 Å². The number of aryl methyl sites for hydroxylation is 2. The zero-order chi connectivity index (χ0) is 28.9. The molecule has 1 aliphatic rings. The largest absolute Gasteiger partial charge is 0.444 e. The molecule has 1 amide bonds. The highest BCUT2D eigenvalue weighted by molar-refractivity contribution is 6.04. The minimum atomic E-state index is -0.606. The van der Waals surface area contributed by atoms with Crippen LogP contribution >= 0.6 is 0 Å². The van der Waals surface area contributed by atoms with E-state index < -0.39 is 5.60 Å². The molecular weight excluding hydrogens is 506 g/mol. The second-order valence-electron chi connectivity index (χ2n) is 11.4. The maximum Gasteiger partial charge on any atom is 0.410 e. The molecule has 1 aliphatic heterocycles. The molecule has 0 radical (unpaired) electrons. The van der Waals surface area contributed by atoms with E-state index in [1.54, 1.807) is 26.5 Å². The lowest BCUT2D eigenvalue weighted by atomic mass is 10.0. The van der Waals surface area contributed by atoms with Gasteiger partial charge in [-0.1, -0.05) is 12.1 Å². The molecule has 40 heavy (non-hydrogen) atoms. The van der Waals surface area contributed by atoms with Gasteiger partial charge in [-0.2, -0.15) is 5.10 Å². The van der Waals surface area contributed by atoms with E-state index in [1.165, 1.54) is 4.57 Å². The van der Waals surface area contributed by atoms with E-state index >= 15 is 0 Å². The number of amides is 1. The lowest BCUT2D eigenvalue weighted by Crippen LogP contribution is -2.45. The van der Waals surface area contributed by atoms with Crippen LogP contribution in [0.25, 0.3) is 44.3 Å². The van der Waals surface area contributed by atoms with Gasteiger partial charge >= 0.3 is 11.8 Å². The number of rotatable bonds is 3. The van der Waals surface area contributed by atoms with E-state index in [-0.39, 0.29) is 24.8 Å². The molecule has 0 aliphatic carbocycles. The molecule has 0 N–H and O–H groups in total. The second kappa shape index (κ2) is 9.62. The summed E-state index contributed by atoms with van der Waals surface area (Å²) in [4.78, 5) is 37.6. The zero-order valence-corrected chi connectivity index (χ0v) is 23.2. The molecule has 10 nitrogen and oxygen atoms in total. The van der Waals surface area contributed by atoms with E-state index in [0.717, 1.165) is 51.6 Å². The van der Waals surface area contributed by atoms with Crippen molar-refractivity contribution in [1.82, 2.24) is 33.8 Å². The number of ether oxygens (including phenoxy) is 1. The summed E-state index contributed by atoms with van der Waals surface area (Å²) in [6, 6.07) is 9.70. The zero-order valence-electron chi connectivity index (χ0n) is 24.2. The summed E-state index contributed by atoms with van der Waals surface area (Å²) < 4.78 is 18.7. The van der Waals surface area contributed by atoms with E-state index in [4.69, 9.17) is 6.11 Å². The van der Waals surface area contributed by atoms with Crippen molar-refractivity contribution in [2.24, 2.45) is 14.1 Å². The highest BCUT2D eigenvalue weighted by Gasteiger charge is 2.31. The molecule has 4 aromatic heterocycles. The molecule has 1 atom stereocenters. The van der Waals surface area contributed by atoms with E-state index in [0.29, 0.717) is 18.6 Å². The Kier molecular flexibility index (Phi) is 5.91. The van der Waals surface area contributed by atoms with Crippen molar-refractivity contribution in [3.8, 4) is 22.4 Å². The predicted octanol–water partition coefficient (Wildman–Crippen LogP) is 4.92. The topological polar surface area (TPSA) is 100 Å². The highest BCUT2D eigenvalue weighted by Crippen LogP contribution is 2.32. The number of hydrogen-bond acceptors (Lipinski definition) is 6. The third-order valence-corrected chi connectivity index (χ3v) is 7.30. The van der Waals surface area contributed by atoms with Crippen LogP contribution in [0.1, 0.15) is 41.0 Å². The van der Waals surface area contributed by atoms with Crippen molar-refractivity contribution in [2.75, 3.05) is 13.1 Å². The minimum absolute atomic E-state index is 0.225. The SMILES string of the molecule is [2H]Cn1c(=O)n(C2CCCN(C(=O)OC(C)(C)C)C2)c2c3cc(-c4ccc(-c5cnn(C)c5)nc4)ccc3ncc21. The van der Waals surface area contributed by atoms with Crippen molar-refractivity contribution in [3.63, 3.8) is 0 Å². The van der Waals surface area contributed by atoms with Gasteiger partial charge in [0.2, 0.25) is 0 Å². The summed E-state index contributed by atoms with van der Waals surface area (Å²) in [5.41, 5.74) is 4.85. The molecule has 0 spiro atoms. The third-order valence-electron chi connectivity index (χ3n) is 7.30. The molecule has 1 unspecified atom stereocenters. The van der Waals surface area contributed by atoms with Gasteiger partial charge in [0.1, 0.15) is 5.60 Å². The van der Waals surface area contributed by atoms with Gasteiger partial charge in [0.25, 0.3) is 0 Å². The molecule has 1 aromatic carbocycles. The number of aromatic nitrogens is 6. The van der Waals surface area contributed by atoms with Gasteiger partial charge in [-0.25, -0.2) is 9.59 Å². The average molecular weight is 541 g/mol. The number of fused-ring (bicyclic) bond motifs is 3. The minimum Gasteiger partial charge on any atom is -0.444 e. The Bertz CT molecular complexity index is 1810. The molecule has 1 fully saturated rings. The molecule has 0 bridgehead atoms. The van der Waals surface area contributed by atoms with Crippen LogP contribution in [0.3, 0.4) is 0 Å². The van der Waals surface area contributed by atoms with Crippen LogP contribution < -0.4 is 5.69 Å². The molecular formula is C30H33N7O3. The summed E-state index contributed by atoms with van der Waals surface area (Å²) >= 11 is 0. The quantitative estimate of drug-likeness (QED) is 0.322. The maximum atomic E-state index is 13.7. The Morgan fingerprint density at radius 2 is 1.90 bits per heavy atom. The fourth-order valence-electron chi connectivity index (χ4n) is 5.41. The Morgan fingerprint density at radius 1 is 1.07 bits per heavy atom. The molecule has 5 heterocycles. The van der Waals surface area contributed by atoms with E-state index in [1.807, 2.05) is 70.5 Å². The summed E-state index contributed by atoms with van der Waals surface area (Å²) in [5, 5.41) is 5.04. The van der Waals surface area contributed by atoms with Crippen molar-refractivity contribution < 1.29 is 10.9 Å². The number of likely N-dealkylation sites (tertiary alicyclic amines) is 1. The first kappa shape index (κ1) is 24.6. The third kappa shape index (κ3) is 4.63. The lowest BCUT2D eigenvalue weighted by molar-refractivity contribution is 0.0173. The van der Waals surface area contributed by atoms with Gasteiger partial charge in [-0.05, 0) is 57.4 Å². The number of piperidine rings is 1. The summed E-state index contributed by atoms with van der Waals surface area (Å²) in [7, 11) is 1.65. The standard InChI is InChI=1S/C30H33N7O3/c1-30(2,3)40-29(39)36-12-6-7-22(18-36)37-27-23-13-19(8-11-25(23)32-16-26(27)35(5)28(37)38)20-9-10-24(31-14-20)21-15-33-34(4)17-21/h8-11,13-17,22H,6-7,12,18H2,1-5H3/i5D. The molecule has 10 heteroatoms. The number of imidazole rings is 1. The Morgan fingerprint density at radius 3 is 2.60 bits per heavy atom. The number of nitrogens with zero attached hydrogens (tertiary/aromatic N) is 7. The maximum absolute atomic E-state index is 13.7. The summed E-state index contributed by atoms with van der Waals surface area (Å²) in [6.45, 7) is 6.47. The smallest absolute Gasteiger partial charge is 0.410 e. The Labute approximate surface area is 233 Å². The number of carbonyl (C=O) groups excluding carboxylic acids is 1. The van der Waals surface area contributed by atoms with E-state index in [9.17, 15) is 9.59 Å². The Hall–Kier alpha value is -4.47. The number of benzene rings is 1. The van der Waals surface area contributed by atoms with Gasteiger partial charge < -0.3 is 9.64 Å². The van der Waals surface area contributed by atoms with Crippen LogP contribution in [-0.4, -0.2) is 58.6 Å². The predicted molar refractivity (Wildman–Crippen MR) is 154 cm³/mol. The van der Waals surface area contributed by atoms with Crippen LogP contribution in [0.4, 0.5) is 4.79 Å². The van der Waals surface area contributed by atoms with Crippen LogP contribution in [-0.2, 0) is 18.8 Å². The first-order valence-corrected chi connectivity index (χ1v) is 13.4. The number of carbonyl (C=O) groups is 1. The molecule has 5 aromatic rings. The van der Waals surface area contributed by atoms with Gasteiger partial charge in [-0.3, -0.25) is 23.8 Å². The van der Waals surface area contributed by atoms with Crippen LogP contribution in [0.15, 0.2) is 59.9 Å². The number of pyridine rings is 2. The molecule has 206 valence electrons. The normalized spacial score (nSPS) is 16.4. The monoisotopic (exact) mass is 540 g/mol. The average Bonchev–Trinajstić information content (AvgIpc) is 3.52. The van der Waals surface area contributed by atoms with Crippen molar-refractivity contribution in [2.45, 2.75) is 45.3 Å². The molecule has 6 rings (SSSR count). The Balaban J connectivity index is 1.43. The first-order valence-electron chi connectivity index (χ1n) is 14.1. The van der Waals surface area contributed by atoms with Crippen molar-refractivity contribution in [3.05, 3.63) is 65.6 Å². The first-order chi connectivity index (χ1) is 19.6. The van der Waals surface area contributed by atoms with Gasteiger partial charge in [0, 0.05) is 57.4 Å². The number of hydrogen-bond donors (Lipinski definition) is 0. The summed E-state index contributed by atoms with van der Waals surface area (Å²) in [6.07, 6.45) is 8.31. The van der Waals surface area contributed by atoms with Crippen LogP contribution in [0, 0.1) is 0 Å². The molecule has 0 saturated carbocycles. The van der Waals surface area contributed by atoms with E-state index in [2.05, 4.69) is 15.1 Å². The van der Waals surface area contributed by atoms with Crippen LogP contribution in [0.5, 0.6) is 0 Å². The highest BCUT2D eigenvalue weighted by atomic mass is 16.6.